The first kappa shape index (κ1) is 20.3. The fourth-order valence-electron chi connectivity index (χ4n) is 1.84. The van der Waals surface area contributed by atoms with Crippen molar-refractivity contribution in [3.8, 4) is 0 Å². The quantitative estimate of drug-likeness (QED) is 0.418. The molecular formula is C16H33NO4. The maximum Gasteiger partial charge on any atom is 0.326 e. The topological polar surface area (TPSA) is 56.8 Å². The SMILES string of the molecule is CCOC(=O)C(C)(CCCCOCCOCC(C)C)NC. The van der Waals surface area contributed by atoms with Gasteiger partial charge in [0.2, 0.25) is 0 Å². The Morgan fingerprint density at radius 1 is 1.14 bits per heavy atom. The smallest absolute Gasteiger partial charge is 0.326 e. The summed E-state index contributed by atoms with van der Waals surface area (Å²) in [4.78, 5) is 11.9. The molecule has 5 heteroatoms. The van der Waals surface area contributed by atoms with Gasteiger partial charge in [0.15, 0.2) is 0 Å². The van der Waals surface area contributed by atoms with Gasteiger partial charge in [-0.25, -0.2) is 0 Å². The first-order chi connectivity index (χ1) is 9.96. The molecule has 0 aromatic heterocycles. The normalized spacial score (nSPS) is 14.2. The molecule has 0 spiro atoms. The maximum absolute atomic E-state index is 11.9. The highest BCUT2D eigenvalue weighted by atomic mass is 16.5. The summed E-state index contributed by atoms with van der Waals surface area (Å²) in [6, 6.07) is 0. The molecule has 5 nitrogen and oxygen atoms in total. The second kappa shape index (κ2) is 12.0. The van der Waals surface area contributed by atoms with Crippen LogP contribution in [0.5, 0.6) is 0 Å². The van der Waals surface area contributed by atoms with E-state index >= 15 is 0 Å². The lowest BCUT2D eigenvalue weighted by Gasteiger charge is -2.26. The van der Waals surface area contributed by atoms with E-state index in [1.165, 1.54) is 0 Å². The Bertz CT molecular complexity index is 271. The summed E-state index contributed by atoms with van der Waals surface area (Å²) in [5, 5.41) is 3.06. The number of ether oxygens (including phenoxy) is 3. The van der Waals surface area contributed by atoms with E-state index in [4.69, 9.17) is 14.2 Å². The fourth-order valence-corrected chi connectivity index (χ4v) is 1.84. The van der Waals surface area contributed by atoms with Crippen LogP contribution in [-0.2, 0) is 19.0 Å². The van der Waals surface area contributed by atoms with E-state index in [9.17, 15) is 4.79 Å². The standard InChI is InChI=1S/C16H33NO4/c1-6-21-15(18)16(4,17-5)9-7-8-10-19-11-12-20-13-14(2)3/h14,17H,6-13H2,1-5H3. The van der Waals surface area contributed by atoms with Crippen LogP contribution in [0.15, 0.2) is 0 Å². The third kappa shape index (κ3) is 9.82. The number of carbonyl (C=O) groups excluding carboxylic acids is 1. The second-order valence-electron chi connectivity index (χ2n) is 5.84. The molecule has 0 aliphatic heterocycles. The molecule has 0 saturated heterocycles. The molecule has 0 aliphatic rings. The van der Waals surface area contributed by atoms with Crippen molar-refractivity contribution in [3.63, 3.8) is 0 Å². The van der Waals surface area contributed by atoms with Crippen LogP contribution in [-0.4, -0.2) is 51.6 Å². The molecule has 0 heterocycles. The van der Waals surface area contributed by atoms with Crippen molar-refractivity contribution in [2.45, 2.75) is 52.5 Å². The highest BCUT2D eigenvalue weighted by Crippen LogP contribution is 2.15. The molecule has 0 fully saturated rings. The summed E-state index contributed by atoms with van der Waals surface area (Å²) < 4.78 is 16.0. The highest BCUT2D eigenvalue weighted by Gasteiger charge is 2.32. The van der Waals surface area contributed by atoms with Crippen LogP contribution in [0.3, 0.4) is 0 Å². The van der Waals surface area contributed by atoms with Gasteiger partial charge in [0, 0.05) is 13.2 Å². The first-order valence-corrected chi connectivity index (χ1v) is 7.98. The minimum Gasteiger partial charge on any atom is -0.465 e. The number of nitrogens with one attached hydrogen (secondary N) is 1. The van der Waals surface area contributed by atoms with Crippen molar-refractivity contribution in [1.82, 2.24) is 5.32 Å². The van der Waals surface area contributed by atoms with Gasteiger partial charge in [0.1, 0.15) is 5.54 Å². The van der Waals surface area contributed by atoms with Crippen LogP contribution in [0, 0.1) is 5.92 Å². The third-order valence-corrected chi connectivity index (χ3v) is 3.32. The van der Waals surface area contributed by atoms with Crippen LogP contribution < -0.4 is 5.32 Å². The van der Waals surface area contributed by atoms with Gasteiger partial charge < -0.3 is 19.5 Å². The molecule has 0 aromatic rings. The van der Waals surface area contributed by atoms with Gasteiger partial charge in [-0.15, -0.1) is 0 Å². The molecule has 1 unspecified atom stereocenters. The minimum atomic E-state index is -0.601. The van der Waals surface area contributed by atoms with Crippen LogP contribution in [0.25, 0.3) is 0 Å². The van der Waals surface area contributed by atoms with Crippen LogP contribution in [0.2, 0.25) is 0 Å². The Morgan fingerprint density at radius 3 is 2.38 bits per heavy atom. The number of likely N-dealkylation sites (N-methyl/N-ethyl adjacent to an activating group) is 1. The lowest BCUT2D eigenvalue weighted by molar-refractivity contribution is -0.150. The maximum atomic E-state index is 11.9. The van der Waals surface area contributed by atoms with Gasteiger partial charge in [0.05, 0.1) is 19.8 Å². The van der Waals surface area contributed by atoms with Crippen LogP contribution >= 0.6 is 0 Å². The summed E-state index contributed by atoms with van der Waals surface area (Å²) in [6.07, 6.45) is 2.60. The van der Waals surface area contributed by atoms with Crippen LogP contribution in [0.1, 0.15) is 47.0 Å². The van der Waals surface area contributed by atoms with Crippen molar-refractivity contribution in [2.75, 3.05) is 40.1 Å². The summed E-state index contributed by atoms with van der Waals surface area (Å²) >= 11 is 0. The minimum absolute atomic E-state index is 0.185. The number of unbranched alkanes of at least 4 members (excludes halogenated alkanes) is 1. The Morgan fingerprint density at radius 2 is 1.81 bits per heavy atom. The van der Waals surface area contributed by atoms with Gasteiger partial charge in [-0.05, 0) is 46.1 Å². The highest BCUT2D eigenvalue weighted by molar-refractivity contribution is 5.80. The monoisotopic (exact) mass is 303 g/mol. The number of hydrogen-bond donors (Lipinski definition) is 1. The Kier molecular flexibility index (Phi) is 11.6. The molecule has 0 radical (unpaired) electrons. The zero-order chi connectivity index (χ0) is 16.1. The largest absolute Gasteiger partial charge is 0.465 e. The van der Waals surface area contributed by atoms with E-state index in [2.05, 4.69) is 19.2 Å². The van der Waals surface area contributed by atoms with E-state index in [1.807, 2.05) is 13.8 Å². The van der Waals surface area contributed by atoms with E-state index in [-0.39, 0.29) is 5.97 Å². The molecule has 126 valence electrons. The summed E-state index contributed by atoms with van der Waals surface area (Å²) in [5.74, 6) is 0.377. The molecule has 0 aliphatic carbocycles. The summed E-state index contributed by atoms with van der Waals surface area (Å²) in [6.45, 7) is 11.1. The van der Waals surface area contributed by atoms with E-state index in [1.54, 1.807) is 7.05 Å². The average molecular weight is 303 g/mol. The van der Waals surface area contributed by atoms with E-state index in [0.717, 1.165) is 25.9 Å². The predicted molar refractivity (Wildman–Crippen MR) is 84.4 cm³/mol. The molecule has 0 bridgehead atoms. The van der Waals surface area contributed by atoms with Crippen molar-refractivity contribution in [3.05, 3.63) is 0 Å². The predicted octanol–water partition coefficient (Wildman–Crippen LogP) is 2.39. The van der Waals surface area contributed by atoms with Crippen molar-refractivity contribution >= 4 is 5.97 Å². The summed E-state index contributed by atoms with van der Waals surface area (Å²) in [7, 11) is 1.79. The van der Waals surface area contributed by atoms with E-state index in [0.29, 0.717) is 32.3 Å². The average Bonchev–Trinajstić information content (AvgIpc) is 2.45. The number of hydrogen-bond acceptors (Lipinski definition) is 5. The molecule has 0 rings (SSSR count). The van der Waals surface area contributed by atoms with Gasteiger partial charge in [-0.3, -0.25) is 4.79 Å². The second-order valence-corrected chi connectivity index (χ2v) is 5.84. The number of rotatable bonds is 13. The lowest BCUT2D eigenvalue weighted by Crippen LogP contribution is -2.48. The van der Waals surface area contributed by atoms with Gasteiger partial charge in [-0.2, -0.15) is 0 Å². The summed E-state index contributed by atoms with van der Waals surface area (Å²) in [5.41, 5.74) is -0.601. The Labute approximate surface area is 129 Å². The lowest BCUT2D eigenvalue weighted by atomic mass is 9.95. The fraction of sp³-hybridized carbons (Fsp3) is 0.938. The first-order valence-electron chi connectivity index (χ1n) is 7.98. The number of esters is 1. The zero-order valence-corrected chi connectivity index (χ0v) is 14.4. The molecule has 0 aromatic carbocycles. The molecular weight excluding hydrogens is 270 g/mol. The molecule has 0 saturated carbocycles. The Balaban J connectivity index is 3.62. The molecule has 1 N–H and O–H groups in total. The molecule has 21 heavy (non-hydrogen) atoms. The molecule has 1 atom stereocenters. The number of carbonyl (C=O) groups is 1. The molecule has 0 amide bonds. The van der Waals surface area contributed by atoms with Gasteiger partial charge in [0.25, 0.3) is 0 Å². The van der Waals surface area contributed by atoms with Gasteiger partial charge in [-0.1, -0.05) is 13.8 Å². The van der Waals surface area contributed by atoms with E-state index < -0.39 is 5.54 Å². The Hall–Kier alpha value is -0.650. The van der Waals surface area contributed by atoms with Crippen molar-refractivity contribution < 1.29 is 19.0 Å². The van der Waals surface area contributed by atoms with Crippen LogP contribution in [0.4, 0.5) is 0 Å². The van der Waals surface area contributed by atoms with Crippen molar-refractivity contribution in [2.24, 2.45) is 5.92 Å². The zero-order valence-electron chi connectivity index (χ0n) is 14.4. The van der Waals surface area contributed by atoms with Crippen molar-refractivity contribution in [1.29, 1.82) is 0 Å². The third-order valence-electron chi connectivity index (χ3n) is 3.32. The van der Waals surface area contributed by atoms with Gasteiger partial charge >= 0.3 is 5.97 Å².